The highest BCUT2D eigenvalue weighted by atomic mass is 35.5. The lowest BCUT2D eigenvalue weighted by molar-refractivity contribution is 0.475. The van der Waals surface area contributed by atoms with Gasteiger partial charge in [0.15, 0.2) is 0 Å². The molecule has 0 aliphatic rings. The molecule has 0 radical (unpaired) electrons. The molecule has 0 saturated carbocycles. The van der Waals surface area contributed by atoms with E-state index < -0.39 is 10.0 Å². The summed E-state index contributed by atoms with van der Waals surface area (Å²) in [5.41, 5.74) is 1.59. The predicted molar refractivity (Wildman–Crippen MR) is 94.7 cm³/mol. The number of rotatable bonds is 5. The Balaban J connectivity index is 1.72. The second-order valence-electron chi connectivity index (χ2n) is 4.96. The van der Waals surface area contributed by atoms with Crippen LogP contribution in [0.1, 0.15) is 5.01 Å². The van der Waals surface area contributed by atoms with Crippen molar-refractivity contribution in [1.29, 1.82) is 0 Å². The van der Waals surface area contributed by atoms with Crippen LogP contribution in [0.25, 0.3) is 11.3 Å². The van der Waals surface area contributed by atoms with E-state index in [1.807, 2.05) is 5.38 Å². The SMILES string of the molecule is O=S(=O)(NCc1nc(-c2ccc(O)cc2)cs1)c1cccc(Cl)c1. The van der Waals surface area contributed by atoms with Crippen LogP contribution in [0.5, 0.6) is 5.75 Å². The van der Waals surface area contributed by atoms with E-state index in [1.54, 1.807) is 36.4 Å². The number of thiazole rings is 1. The number of hydrogen-bond acceptors (Lipinski definition) is 5. The lowest BCUT2D eigenvalue weighted by Crippen LogP contribution is -2.23. The summed E-state index contributed by atoms with van der Waals surface area (Å²) >= 11 is 7.19. The first-order chi connectivity index (χ1) is 11.4. The van der Waals surface area contributed by atoms with E-state index >= 15 is 0 Å². The zero-order valence-corrected chi connectivity index (χ0v) is 14.7. The summed E-state index contributed by atoms with van der Waals surface area (Å²) in [6.45, 7) is 0.0948. The van der Waals surface area contributed by atoms with Crippen LogP contribution >= 0.6 is 22.9 Å². The van der Waals surface area contributed by atoms with Gasteiger partial charge in [-0.2, -0.15) is 0 Å². The monoisotopic (exact) mass is 380 g/mol. The molecule has 0 fully saturated rings. The van der Waals surface area contributed by atoms with Gasteiger partial charge in [-0.05, 0) is 42.5 Å². The molecule has 0 amide bonds. The van der Waals surface area contributed by atoms with Crippen molar-refractivity contribution in [2.24, 2.45) is 0 Å². The van der Waals surface area contributed by atoms with E-state index in [4.69, 9.17) is 11.6 Å². The molecule has 0 aliphatic carbocycles. The van der Waals surface area contributed by atoms with Crippen LogP contribution in [0.15, 0.2) is 58.8 Å². The lowest BCUT2D eigenvalue weighted by atomic mass is 10.2. The third-order valence-electron chi connectivity index (χ3n) is 3.23. The minimum Gasteiger partial charge on any atom is -0.508 e. The van der Waals surface area contributed by atoms with E-state index in [-0.39, 0.29) is 17.2 Å². The molecule has 0 atom stereocenters. The van der Waals surface area contributed by atoms with Crippen molar-refractivity contribution < 1.29 is 13.5 Å². The molecule has 8 heteroatoms. The van der Waals surface area contributed by atoms with Gasteiger partial charge in [0.2, 0.25) is 10.0 Å². The van der Waals surface area contributed by atoms with Gasteiger partial charge in [-0.25, -0.2) is 18.1 Å². The Morgan fingerprint density at radius 2 is 1.92 bits per heavy atom. The van der Waals surface area contributed by atoms with Crippen LogP contribution in [0.3, 0.4) is 0 Å². The van der Waals surface area contributed by atoms with Crippen molar-refractivity contribution in [2.45, 2.75) is 11.4 Å². The Hall–Kier alpha value is -1.93. The maximum absolute atomic E-state index is 12.3. The van der Waals surface area contributed by atoms with Gasteiger partial charge < -0.3 is 5.11 Å². The zero-order valence-electron chi connectivity index (χ0n) is 12.3. The number of benzene rings is 2. The number of phenolic OH excluding ortho intramolecular Hbond substituents is 1. The van der Waals surface area contributed by atoms with E-state index in [2.05, 4.69) is 9.71 Å². The maximum Gasteiger partial charge on any atom is 0.241 e. The van der Waals surface area contributed by atoms with E-state index in [1.165, 1.54) is 23.5 Å². The van der Waals surface area contributed by atoms with Crippen molar-refractivity contribution in [1.82, 2.24) is 9.71 Å². The number of nitrogens with one attached hydrogen (secondary N) is 1. The summed E-state index contributed by atoms with van der Waals surface area (Å²) in [5.74, 6) is 0.184. The normalized spacial score (nSPS) is 11.5. The van der Waals surface area contributed by atoms with Gasteiger partial charge in [-0.1, -0.05) is 17.7 Å². The molecule has 2 N–H and O–H groups in total. The van der Waals surface area contributed by atoms with E-state index in [0.29, 0.717) is 10.0 Å². The van der Waals surface area contributed by atoms with Crippen LogP contribution < -0.4 is 4.72 Å². The van der Waals surface area contributed by atoms with Gasteiger partial charge in [0, 0.05) is 16.0 Å². The summed E-state index contributed by atoms with van der Waals surface area (Å²) in [6.07, 6.45) is 0. The van der Waals surface area contributed by atoms with Crippen molar-refractivity contribution in [3.63, 3.8) is 0 Å². The molecule has 2 aromatic carbocycles. The summed E-state index contributed by atoms with van der Waals surface area (Å²) in [4.78, 5) is 4.52. The summed E-state index contributed by atoms with van der Waals surface area (Å²) in [5, 5.41) is 12.2. The van der Waals surface area contributed by atoms with E-state index in [0.717, 1.165) is 11.3 Å². The molecular formula is C16H13ClN2O3S2. The second kappa shape index (κ2) is 6.90. The van der Waals surface area contributed by atoms with Crippen molar-refractivity contribution in [2.75, 3.05) is 0 Å². The van der Waals surface area contributed by atoms with Gasteiger partial charge >= 0.3 is 0 Å². The Morgan fingerprint density at radius 1 is 1.17 bits per heavy atom. The average molecular weight is 381 g/mol. The topological polar surface area (TPSA) is 79.3 Å². The largest absolute Gasteiger partial charge is 0.508 e. The first-order valence-corrected chi connectivity index (χ1v) is 9.67. The highest BCUT2D eigenvalue weighted by molar-refractivity contribution is 7.89. The van der Waals surface area contributed by atoms with Gasteiger partial charge in [-0.15, -0.1) is 11.3 Å². The highest BCUT2D eigenvalue weighted by Gasteiger charge is 2.15. The number of hydrogen-bond donors (Lipinski definition) is 2. The third kappa shape index (κ3) is 3.93. The van der Waals surface area contributed by atoms with Gasteiger partial charge in [0.1, 0.15) is 10.8 Å². The maximum atomic E-state index is 12.3. The summed E-state index contributed by atoms with van der Waals surface area (Å²) < 4.78 is 27.0. The van der Waals surface area contributed by atoms with Crippen LogP contribution in [0, 0.1) is 0 Å². The summed E-state index contributed by atoms with van der Waals surface area (Å²) in [7, 11) is -3.64. The predicted octanol–water partition coefficient (Wildman–Crippen LogP) is 3.65. The smallest absolute Gasteiger partial charge is 0.241 e. The van der Waals surface area contributed by atoms with Crippen LogP contribution in [-0.4, -0.2) is 18.5 Å². The minimum atomic E-state index is -3.64. The number of halogens is 1. The standard InChI is InChI=1S/C16H13ClN2O3S2/c17-12-2-1-3-14(8-12)24(21,22)18-9-16-19-15(10-23-16)11-4-6-13(20)7-5-11/h1-8,10,18,20H,9H2. The molecule has 1 heterocycles. The van der Waals surface area contributed by atoms with Crippen molar-refractivity contribution in [3.8, 4) is 17.0 Å². The van der Waals surface area contributed by atoms with Crippen molar-refractivity contribution >= 4 is 33.0 Å². The fraction of sp³-hybridized carbons (Fsp3) is 0.0625. The number of aromatic nitrogens is 1. The Morgan fingerprint density at radius 3 is 2.62 bits per heavy atom. The molecule has 0 unspecified atom stereocenters. The molecule has 3 aromatic rings. The Bertz CT molecular complexity index is 953. The fourth-order valence-electron chi connectivity index (χ4n) is 2.03. The number of aromatic hydroxyl groups is 1. The van der Waals surface area contributed by atoms with Gasteiger partial charge in [-0.3, -0.25) is 0 Å². The summed E-state index contributed by atoms with van der Waals surface area (Å²) in [6, 6.07) is 12.8. The molecule has 0 aliphatic heterocycles. The highest BCUT2D eigenvalue weighted by Crippen LogP contribution is 2.24. The number of nitrogens with zero attached hydrogens (tertiary/aromatic N) is 1. The molecule has 3 rings (SSSR count). The Kier molecular flexibility index (Phi) is 4.86. The van der Waals surface area contributed by atoms with Crippen molar-refractivity contribution in [3.05, 3.63) is 63.9 Å². The number of sulfonamides is 1. The fourth-order valence-corrected chi connectivity index (χ4v) is 4.15. The molecule has 124 valence electrons. The first-order valence-electron chi connectivity index (χ1n) is 6.93. The lowest BCUT2D eigenvalue weighted by Gasteiger charge is -2.05. The molecular weight excluding hydrogens is 368 g/mol. The number of phenols is 1. The van der Waals surface area contributed by atoms with Crippen LogP contribution in [-0.2, 0) is 16.6 Å². The third-order valence-corrected chi connectivity index (χ3v) is 5.72. The second-order valence-corrected chi connectivity index (χ2v) is 8.10. The zero-order chi connectivity index (χ0) is 17.2. The molecule has 0 saturated heterocycles. The Labute approximate surface area is 148 Å². The van der Waals surface area contributed by atoms with Crippen LogP contribution in [0.2, 0.25) is 5.02 Å². The molecule has 1 aromatic heterocycles. The minimum absolute atomic E-state index is 0.0948. The molecule has 0 spiro atoms. The van der Waals surface area contributed by atoms with E-state index in [9.17, 15) is 13.5 Å². The molecule has 0 bridgehead atoms. The quantitative estimate of drug-likeness (QED) is 0.708. The average Bonchev–Trinajstić information content (AvgIpc) is 3.03. The first kappa shape index (κ1) is 16.9. The van der Waals surface area contributed by atoms with Gasteiger partial charge in [0.25, 0.3) is 0 Å². The van der Waals surface area contributed by atoms with Gasteiger partial charge in [0.05, 0.1) is 17.1 Å². The molecule has 24 heavy (non-hydrogen) atoms. The van der Waals surface area contributed by atoms with Crippen LogP contribution in [0.4, 0.5) is 0 Å². The molecule has 5 nitrogen and oxygen atoms in total.